The highest BCUT2D eigenvalue weighted by atomic mass is 16.5. The Kier molecular flexibility index (Phi) is 7.60. The van der Waals surface area contributed by atoms with Crippen LogP contribution in [0.15, 0.2) is 24.3 Å². The van der Waals surface area contributed by atoms with E-state index in [1.54, 1.807) is 12.1 Å². The molecule has 0 atom stereocenters. The molecule has 0 unspecified atom stereocenters. The molecule has 0 aromatic heterocycles. The molecule has 1 fully saturated rings. The van der Waals surface area contributed by atoms with Gasteiger partial charge in [-0.3, -0.25) is 0 Å². The molecule has 1 aliphatic carbocycles. The van der Waals surface area contributed by atoms with Crippen molar-refractivity contribution in [2.45, 2.75) is 58.3 Å². The average Bonchev–Trinajstić information content (AvgIpc) is 2.58. The number of carbonyl (C=O) groups is 1. The van der Waals surface area contributed by atoms with Gasteiger partial charge < -0.3 is 9.84 Å². The summed E-state index contributed by atoms with van der Waals surface area (Å²) in [5, 5.41) is 8.92. The number of rotatable bonds is 9. The van der Waals surface area contributed by atoms with Crippen LogP contribution in [0.1, 0.15) is 67.8 Å². The number of ether oxygens (including phenoxy) is 1. The van der Waals surface area contributed by atoms with Gasteiger partial charge in [0.15, 0.2) is 0 Å². The predicted octanol–water partition coefficient (Wildman–Crippen LogP) is 4.94. The lowest BCUT2D eigenvalue weighted by molar-refractivity contribution is 0.0696. The molecule has 1 N–H and O–H groups in total. The van der Waals surface area contributed by atoms with Gasteiger partial charge >= 0.3 is 5.97 Å². The zero-order valence-electron chi connectivity index (χ0n) is 14.3. The van der Waals surface area contributed by atoms with Gasteiger partial charge in [0.2, 0.25) is 0 Å². The third kappa shape index (κ3) is 6.34. The third-order valence-electron chi connectivity index (χ3n) is 5.00. The molecule has 0 aliphatic heterocycles. The van der Waals surface area contributed by atoms with Crippen molar-refractivity contribution in [1.82, 2.24) is 0 Å². The molecule has 23 heavy (non-hydrogen) atoms. The van der Waals surface area contributed by atoms with E-state index in [9.17, 15) is 4.79 Å². The average molecular weight is 318 g/mol. The zero-order chi connectivity index (χ0) is 16.5. The van der Waals surface area contributed by atoms with Crippen molar-refractivity contribution in [3.63, 3.8) is 0 Å². The van der Waals surface area contributed by atoms with Gasteiger partial charge in [-0.05, 0) is 61.6 Å². The Labute approximate surface area is 140 Å². The molecular weight excluding hydrogens is 288 g/mol. The van der Waals surface area contributed by atoms with E-state index in [1.807, 2.05) is 12.1 Å². The first-order chi connectivity index (χ1) is 11.2. The van der Waals surface area contributed by atoms with Crippen LogP contribution in [0.25, 0.3) is 0 Å². The van der Waals surface area contributed by atoms with Crippen molar-refractivity contribution >= 4 is 5.97 Å². The standard InChI is InChI=1S/C20H30O3/c1-2-3-14-23-15-18-8-6-16(7-9-18)4-5-17-10-12-19(13-11-17)20(21)22/h10-13,16,18H,2-9,14-15H2,1H3,(H,21,22)/t16-,18-. The number of aromatic carboxylic acids is 1. The van der Waals surface area contributed by atoms with Crippen LogP contribution in [-0.4, -0.2) is 24.3 Å². The largest absolute Gasteiger partial charge is 0.478 e. The lowest BCUT2D eigenvalue weighted by Gasteiger charge is -2.28. The van der Waals surface area contributed by atoms with Crippen molar-refractivity contribution in [2.75, 3.05) is 13.2 Å². The van der Waals surface area contributed by atoms with E-state index in [0.29, 0.717) is 5.56 Å². The Morgan fingerprint density at radius 3 is 2.39 bits per heavy atom. The van der Waals surface area contributed by atoms with Gasteiger partial charge in [-0.25, -0.2) is 4.79 Å². The van der Waals surface area contributed by atoms with Crippen LogP contribution in [0.3, 0.4) is 0 Å². The van der Waals surface area contributed by atoms with Crippen LogP contribution in [0, 0.1) is 11.8 Å². The minimum atomic E-state index is -0.851. The van der Waals surface area contributed by atoms with Gasteiger partial charge in [-0.1, -0.05) is 38.3 Å². The molecule has 0 saturated heterocycles. The first kappa shape index (κ1) is 18.0. The lowest BCUT2D eigenvalue weighted by Crippen LogP contribution is -2.19. The van der Waals surface area contributed by atoms with Crippen LogP contribution < -0.4 is 0 Å². The molecule has 0 spiro atoms. The first-order valence-electron chi connectivity index (χ1n) is 9.09. The monoisotopic (exact) mass is 318 g/mol. The molecule has 0 heterocycles. The van der Waals surface area contributed by atoms with E-state index < -0.39 is 5.97 Å². The van der Waals surface area contributed by atoms with Crippen molar-refractivity contribution < 1.29 is 14.6 Å². The smallest absolute Gasteiger partial charge is 0.335 e. The van der Waals surface area contributed by atoms with Crippen molar-refractivity contribution in [2.24, 2.45) is 11.8 Å². The quantitative estimate of drug-likeness (QED) is 0.656. The molecule has 128 valence electrons. The third-order valence-corrected chi connectivity index (χ3v) is 5.00. The van der Waals surface area contributed by atoms with E-state index in [1.165, 1.54) is 50.5 Å². The van der Waals surface area contributed by atoms with Gasteiger partial charge in [0, 0.05) is 13.2 Å². The van der Waals surface area contributed by atoms with Crippen molar-refractivity contribution in [3.8, 4) is 0 Å². The Balaban J connectivity index is 1.63. The molecule has 0 radical (unpaired) electrons. The fraction of sp³-hybridized carbons (Fsp3) is 0.650. The Morgan fingerprint density at radius 1 is 1.13 bits per heavy atom. The maximum Gasteiger partial charge on any atom is 0.335 e. The molecule has 2 rings (SSSR count). The van der Waals surface area contributed by atoms with Crippen LogP contribution in [0.4, 0.5) is 0 Å². The lowest BCUT2D eigenvalue weighted by atomic mass is 9.80. The first-order valence-corrected chi connectivity index (χ1v) is 9.09. The van der Waals surface area contributed by atoms with Crippen LogP contribution in [0.2, 0.25) is 0 Å². The summed E-state index contributed by atoms with van der Waals surface area (Å²) in [5.74, 6) is 0.732. The number of carboxylic acid groups (broad SMARTS) is 1. The molecule has 1 saturated carbocycles. The number of benzene rings is 1. The predicted molar refractivity (Wildman–Crippen MR) is 92.9 cm³/mol. The molecule has 0 amide bonds. The van der Waals surface area contributed by atoms with Gasteiger partial charge in [0.25, 0.3) is 0 Å². The number of unbranched alkanes of at least 4 members (excludes halogenated alkanes) is 1. The van der Waals surface area contributed by atoms with E-state index in [0.717, 1.165) is 31.5 Å². The molecule has 1 aromatic rings. The van der Waals surface area contributed by atoms with Gasteiger partial charge in [-0.2, -0.15) is 0 Å². The summed E-state index contributed by atoms with van der Waals surface area (Å²) >= 11 is 0. The molecule has 0 bridgehead atoms. The van der Waals surface area contributed by atoms with E-state index in [-0.39, 0.29) is 0 Å². The summed E-state index contributed by atoms with van der Waals surface area (Å²) in [6.45, 7) is 4.07. The Bertz CT molecular complexity index is 458. The molecule has 1 aliphatic rings. The summed E-state index contributed by atoms with van der Waals surface area (Å²) in [7, 11) is 0. The Morgan fingerprint density at radius 2 is 1.78 bits per heavy atom. The summed E-state index contributed by atoms with van der Waals surface area (Å²) in [6.07, 6.45) is 9.89. The summed E-state index contributed by atoms with van der Waals surface area (Å²) in [6, 6.07) is 7.33. The minimum Gasteiger partial charge on any atom is -0.478 e. The minimum absolute atomic E-state index is 0.373. The molecular formula is C20H30O3. The highest BCUT2D eigenvalue weighted by Crippen LogP contribution is 2.31. The van der Waals surface area contributed by atoms with Crippen LogP contribution in [-0.2, 0) is 11.2 Å². The van der Waals surface area contributed by atoms with Crippen LogP contribution in [0.5, 0.6) is 0 Å². The SMILES string of the molecule is CCCCOC[C@H]1CC[C@H](CCc2ccc(C(=O)O)cc2)CC1. The number of hydrogen-bond acceptors (Lipinski definition) is 2. The van der Waals surface area contributed by atoms with Gasteiger partial charge in [0.05, 0.1) is 5.56 Å². The van der Waals surface area contributed by atoms with E-state index in [4.69, 9.17) is 9.84 Å². The normalized spacial score (nSPS) is 21.3. The second-order valence-corrected chi connectivity index (χ2v) is 6.86. The number of hydrogen-bond donors (Lipinski definition) is 1. The van der Waals surface area contributed by atoms with Crippen molar-refractivity contribution in [3.05, 3.63) is 35.4 Å². The second-order valence-electron chi connectivity index (χ2n) is 6.86. The molecule has 3 nitrogen and oxygen atoms in total. The fourth-order valence-corrected chi connectivity index (χ4v) is 3.37. The van der Waals surface area contributed by atoms with Crippen LogP contribution >= 0.6 is 0 Å². The highest BCUT2D eigenvalue weighted by molar-refractivity contribution is 5.87. The molecule has 1 aromatic carbocycles. The van der Waals surface area contributed by atoms with Crippen molar-refractivity contribution in [1.29, 1.82) is 0 Å². The summed E-state index contributed by atoms with van der Waals surface area (Å²) < 4.78 is 5.76. The maximum absolute atomic E-state index is 10.8. The maximum atomic E-state index is 10.8. The second kappa shape index (κ2) is 9.71. The molecule has 3 heteroatoms. The summed E-state index contributed by atoms with van der Waals surface area (Å²) in [4.78, 5) is 10.8. The van der Waals surface area contributed by atoms with Gasteiger partial charge in [-0.15, -0.1) is 0 Å². The van der Waals surface area contributed by atoms with Gasteiger partial charge in [0.1, 0.15) is 0 Å². The summed E-state index contributed by atoms with van der Waals surface area (Å²) in [5.41, 5.74) is 1.62. The number of carboxylic acids is 1. The number of aryl methyl sites for hydroxylation is 1. The topological polar surface area (TPSA) is 46.5 Å². The fourth-order valence-electron chi connectivity index (χ4n) is 3.37. The van der Waals surface area contributed by atoms with E-state index >= 15 is 0 Å². The Hall–Kier alpha value is -1.35. The highest BCUT2D eigenvalue weighted by Gasteiger charge is 2.21. The van der Waals surface area contributed by atoms with E-state index in [2.05, 4.69) is 6.92 Å². The zero-order valence-corrected chi connectivity index (χ0v) is 14.3.